The third kappa shape index (κ3) is 3.24. The number of aromatic nitrogens is 2. The molecule has 1 aromatic heterocycles. The van der Waals surface area contributed by atoms with Gasteiger partial charge >= 0.3 is 5.97 Å². The van der Waals surface area contributed by atoms with Crippen molar-refractivity contribution >= 4 is 33.8 Å². The van der Waals surface area contributed by atoms with Crippen molar-refractivity contribution in [3.8, 4) is 0 Å². The first-order valence-electron chi connectivity index (χ1n) is 6.23. The van der Waals surface area contributed by atoms with Crippen LogP contribution >= 0.6 is 15.9 Å². The largest absolute Gasteiger partial charge is 0.481 e. The van der Waals surface area contributed by atoms with Crippen LogP contribution in [0.2, 0.25) is 0 Å². The molecule has 0 saturated carbocycles. The number of piperazine rings is 1. The van der Waals surface area contributed by atoms with Gasteiger partial charge in [-0.15, -0.1) is 0 Å². The summed E-state index contributed by atoms with van der Waals surface area (Å²) in [7, 11) is 0. The third-order valence-corrected chi connectivity index (χ3v) is 3.63. The Kier molecular flexibility index (Phi) is 4.53. The lowest BCUT2D eigenvalue weighted by atomic mass is 10.1. The van der Waals surface area contributed by atoms with Crippen LogP contribution < -0.4 is 4.90 Å². The van der Waals surface area contributed by atoms with Gasteiger partial charge in [-0.25, -0.2) is 9.97 Å². The summed E-state index contributed by atoms with van der Waals surface area (Å²) in [5.74, 6) is -1.81. The molecule has 1 N–H and O–H groups in total. The van der Waals surface area contributed by atoms with Crippen LogP contribution in [0.15, 0.2) is 16.9 Å². The number of anilines is 1. The fourth-order valence-electron chi connectivity index (χ4n) is 1.98. The molecule has 7 nitrogen and oxygen atoms in total. The van der Waals surface area contributed by atoms with Crippen molar-refractivity contribution in [2.45, 2.75) is 6.92 Å². The second-order valence-electron chi connectivity index (χ2n) is 4.57. The quantitative estimate of drug-likeness (QED) is 0.810. The Hall–Kier alpha value is -1.70. The zero-order valence-corrected chi connectivity index (χ0v) is 12.6. The average Bonchev–Trinajstić information content (AvgIpc) is 2.46. The fraction of sp³-hybridized carbons (Fsp3) is 0.500. The van der Waals surface area contributed by atoms with Gasteiger partial charge in [0.25, 0.3) is 0 Å². The molecule has 1 fully saturated rings. The average molecular weight is 343 g/mol. The minimum Gasteiger partial charge on any atom is -0.481 e. The van der Waals surface area contributed by atoms with Crippen molar-refractivity contribution in [1.82, 2.24) is 14.9 Å². The molecule has 1 atom stereocenters. The van der Waals surface area contributed by atoms with E-state index in [4.69, 9.17) is 5.11 Å². The van der Waals surface area contributed by atoms with E-state index in [0.29, 0.717) is 32.1 Å². The molecule has 1 aromatic rings. The number of aliphatic carboxylic acids is 1. The molecule has 20 heavy (non-hydrogen) atoms. The molecule has 2 heterocycles. The summed E-state index contributed by atoms with van der Waals surface area (Å²) < 4.78 is 0.811. The van der Waals surface area contributed by atoms with E-state index in [9.17, 15) is 9.59 Å². The van der Waals surface area contributed by atoms with Crippen LogP contribution in [0.4, 0.5) is 5.95 Å². The molecule has 1 unspecified atom stereocenters. The van der Waals surface area contributed by atoms with Crippen LogP contribution in [-0.4, -0.2) is 58.0 Å². The van der Waals surface area contributed by atoms with Crippen molar-refractivity contribution in [3.05, 3.63) is 16.9 Å². The number of halogens is 1. The molecule has 1 aliphatic rings. The smallest absolute Gasteiger partial charge is 0.315 e. The predicted octanol–water partition coefficient (Wildman–Crippen LogP) is 0.608. The topological polar surface area (TPSA) is 86.6 Å². The molecule has 0 spiro atoms. The van der Waals surface area contributed by atoms with Gasteiger partial charge in [-0.3, -0.25) is 9.59 Å². The van der Waals surface area contributed by atoms with Crippen molar-refractivity contribution in [3.63, 3.8) is 0 Å². The second-order valence-corrected chi connectivity index (χ2v) is 5.49. The normalized spacial score (nSPS) is 16.9. The lowest BCUT2D eigenvalue weighted by Gasteiger charge is -2.35. The van der Waals surface area contributed by atoms with E-state index < -0.39 is 11.9 Å². The Labute approximate surface area is 124 Å². The summed E-state index contributed by atoms with van der Waals surface area (Å²) in [6.07, 6.45) is 3.35. The number of carbonyl (C=O) groups is 2. The third-order valence-electron chi connectivity index (χ3n) is 3.22. The van der Waals surface area contributed by atoms with Gasteiger partial charge in [0.1, 0.15) is 5.92 Å². The zero-order chi connectivity index (χ0) is 14.7. The Balaban J connectivity index is 1.94. The highest BCUT2D eigenvalue weighted by Gasteiger charge is 2.29. The summed E-state index contributed by atoms with van der Waals surface area (Å²) in [5, 5.41) is 8.86. The Morgan fingerprint density at radius 3 is 2.30 bits per heavy atom. The fourth-order valence-corrected chi connectivity index (χ4v) is 2.18. The first-order valence-corrected chi connectivity index (χ1v) is 7.02. The molecule has 1 aliphatic heterocycles. The SMILES string of the molecule is CC(C(=O)O)C(=O)N1CCN(c2ncc(Br)cn2)CC1. The van der Waals surface area contributed by atoms with E-state index in [-0.39, 0.29) is 5.91 Å². The van der Waals surface area contributed by atoms with Crippen LogP contribution in [0, 0.1) is 5.92 Å². The molecule has 0 bridgehead atoms. The molecule has 2 rings (SSSR count). The number of hydrogen-bond acceptors (Lipinski definition) is 5. The second kappa shape index (κ2) is 6.17. The zero-order valence-electron chi connectivity index (χ0n) is 11.0. The lowest BCUT2D eigenvalue weighted by molar-refractivity contribution is -0.150. The summed E-state index contributed by atoms with van der Waals surface area (Å²) >= 11 is 3.28. The summed E-state index contributed by atoms with van der Waals surface area (Å²) in [5.41, 5.74) is 0. The predicted molar refractivity (Wildman–Crippen MR) is 75.3 cm³/mol. The first kappa shape index (κ1) is 14.7. The Morgan fingerprint density at radius 1 is 1.25 bits per heavy atom. The van der Waals surface area contributed by atoms with Crippen LogP contribution in [0.1, 0.15) is 6.92 Å². The van der Waals surface area contributed by atoms with Gasteiger partial charge in [0.15, 0.2) is 0 Å². The number of nitrogens with zero attached hydrogens (tertiary/aromatic N) is 4. The number of carbonyl (C=O) groups excluding carboxylic acids is 1. The number of hydrogen-bond donors (Lipinski definition) is 1. The van der Waals surface area contributed by atoms with E-state index in [2.05, 4.69) is 25.9 Å². The van der Waals surface area contributed by atoms with Gasteiger partial charge in [0, 0.05) is 38.6 Å². The Bertz CT molecular complexity index is 500. The highest BCUT2D eigenvalue weighted by molar-refractivity contribution is 9.10. The van der Waals surface area contributed by atoms with E-state index in [1.807, 2.05) is 4.90 Å². The van der Waals surface area contributed by atoms with Crippen molar-refractivity contribution < 1.29 is 14.7 Å². The maximum absolute atomic E-state index is 11.9. The maximum Gasteiger partial charge on any atom is 0.315 e. The Morgan fingerprint density at radius 2 is 1.80 bits per heavy atom. The monoisotopic (exact) mass is 342 g/mol. The van der Waals surface area contributed by atoms with Crippen LogP contribution in [-0.2, 0) is 9.59 Å². The van der Waals surface area contributed by atoms with E-state index in [1.165, 1.54) is 6.92 Å². The molecule has 1 saturated heterocycles. The number of rotatable bonds is 3. The molecule has 0 aromatic carbocycles. The lowest BCUT2D eigenvalue weighted by Crippen LogP contribution is -2.51. The molecular formula is C12H15BrN4O3. The van der Waals surface area contributed by atoms with Crippen LogP contribution in [0.3, 0.4) is 0 Å². The highest BCUT2D eigenvalue weighted by atomic mass is 79.9. The molecule has 8 heteroatoms. The van der Waals surface area contributed by atoms with Gasteiger partial charge < -0.3 is 14.9 Å². The van der Waals surface area contributed by atoms with Gasteiger partial charge in [-0.1, -0.05) is 0 Å². The molecule has 1 amide bonds. The molecule has 0 aliphatic carbocycles. The molecule has 0 radical (unpaired) electrons. The van der Waals surface area contributed by atoms with Gasteiger partial charge in [-0.05, 0) is 22.9 Å². The summed E-state index contributed by atoms with van der Waals surface area (Å²) in [6, 6.07) is 0. The standard InChI is InChI=1S/C12H15BrN4O3/c1-8(11(19)20)10(18)16-2-4-17(5-3-16)12-14-6-9(13)7-15-12/h6-8H,2-5H2,1H3,(H,19,20). The first-order chi connectivity index (χ1) is 9.49. The van der Waals surface area contributed by atoms with Gasteiger partial charge in [0.05, 0.1) is 4.47 Å². The minimum atomic E-state index is -1.09. The van der Waals surface area contributed by atoms with Gasteiger partial charge in [0.2, 0.25) is 11.9 Å². The summed E-state index contributed by atoms with van der Waals surface area (Å²) in [6.45, 7) is 3.57. The summed E-state index contributed by atoms with van der Waals surface area (Å²) in [4.78, 5) is 34.7. The highest BCUT2D eigenvalue weighted by Crippen LogP contribution is 2.14. The van der Waals surface area contributed by atoms with E-state index >= 15 is 0 Å². The van der Waals surface area contributed by atoms with Gasteiger partial charge in [-0.2, -0.15) is 0 Å². The van der Waals surface area contributed by atoms with Crippen LogP contribution in [0.25, 0.3) is 0 Å². The minimum absolute atomic E-state index is 0.339. The molecule has 108 valence electrons. The van der Waals surface area contributed by atoms with Crippen LogP contribution in [0.5, 0.6) is 0 Å². The van der Waals surface area contributed by atoms with Crippen molar-refractivity contribution in [1.29, 1.82) is 0 Å². The van der Waals surface area contributed by atoms with E-state index in [1.54, 1.807) is 17.3 Å². The van der Waals surface area contributed by atoms with Crippen molar-refractivity contribution in [2.24, 2.45) is 5.92 Å². The number of amides is 1. The number of carboxylic acid groups (broad SMARTS) is 1. The van der Waals surface area contributed by atoms with Crippen molar-refractivity contribution in [2.75, 3.05) is 31.1 Å². The number of carboxylic acids is 1. The maximum atomic E-state index is 11.9. The molecular weight excluding hydrogens is 328 g/mol. The van der Waals surface area contributed by atoms with E-state index in [0.717, 1.165) is 4.47 Å².